The number of amides is 2. The summed E-state index contributed by atoms with van der Waals surface area (Å²) in [4.78, 5) is 31.5. The van der Waals surface area contributed by atoms with Crippen LogP contribution in [-0.2, 0) is 18.4 Å². The standard InChI is InChI=1S/C18H17N5O2S/c1-22-9-13-10-23(17(25)12-5-3-2-4-6-12)11-14(15(13)21-22)16(24)20-18-19-7-8-26-18/h2-9,14H,10-11H2,1H3,(H,19,20,24)/t14-/m0/s1. The number of anilines is 1. The number of hydrogen-bond donors (Lipinski definition) is 1. The molecule has 26 heavy (non-hydrogen) atoms. The molecule has 0 saturated carbocycles. The van der Waals surface area contributed by atoms with Crippen LogP contribution in [0.25, 0.3) is 0 Å². The van der Waals surface area contributed by atoms with Crippen LogP contribution in [0.15, 0.2) is 48.1 Å². The Balaban J connectivity index is 1.62. The number of aryl methyl sites for hydroxylation is 1. The third-order valence-corrected chi connectivity index (χ3v) is 5.01. The molecule has 1 atom stereocenters. The molecule has 132 valence electrons. The van der Waals surface area contributed by atoms with E-state index in [0.29, 0.717) is 17.2 Å². The second-order valence-corrected chi connectivity index (χ2v) is 7.04. The first-order valence-corrected chi connectivity index (χ1v) is 9.07. The number of benzene rings is 1. The van der Waals surface area contributed by atoms with Gasteiger partial charge in [-0.15, -0.1) is 11.3 Å². The Morgan fingerprint density at radius 2 is 2.08 bits per heavy atom. The molecule has 1 aromatic carbocycles. The van der Waals surface area contributed by atoms with E-state index in [1.165, 1.54) is 11.3 Å². The maximum absolute atomic E-state index is 12.9. The molecule has 2 amide bonds. The molecule has 0 saturated heterocycles. The van der Waals surface area contributed by atoms with Crippen LogP contribution in [0.4, 0.5) is 5.13 Å². The second-order valence-electron chi connectivity index (χ2n) is 6.14. The zero-order valence-corrected chi connectivity index (χ0v) is 14.9. The van der Waals surface area contributed by atoms with Crippen molar-refractivity contribution in [1.82, 2.24) is 19.7 Å². The second kappa shape index (κ2) is 6.72. The minimum absolute atomic E-state index is 0.0906. The number of nitrogens with one attached hydrogen (secondary N) is 1. The Morgan fingerprint density at radius 1 is 1.27 bits per heavy atom. The van der Waals surface area contributed by atoms with Gasteiger partial charge < -0.3 is 10.2 Å². The third-order valence-electron chi connectivity index (χ3n) is 4.32. The first kappa shape index (κ1) is 16.5. The SMILES string of the molecule is Cn1cc2c(n1)[C@@H](C(=O)Nc1nccs1)CN(C(=O)c1ccccc1)C2. The van der Waals surface area contributed by atoms with Crippen molar-refractivity contribution in [2.75, 3.05) is 11.9 Å². The summed E-state index contributed by atoms with van der Waals surface area (Å²) < 4.78 is 1.69. The smallest absolute Gasteiger partial charge is 0.254 e. The molecule has 3 heterocycles. The summed E-state index contributed by atoms with van der Waals surface area (Å²) in [6.45, 7) is 0.729. The Kier molecular flexibility index (Phi) is 4.26. The number of nitrogens with zero attached hydrogens (tertiary/aromatic N) is 4. The van der Waals surface area contributed by atoms with Gasteiger partial charge in [0.15, 0.2) is 5.13 Å². The number of aromatic nitrogens is 3. The monoisotopic (exact) mass is 367 g/mol. The lowest BCUT2D eigenvalue weighted by molar-refractivity contribution is -0.118. The van der Waals surface area contributed by atoms with E-state index in [1.807, 2.05) is 31.4 Å². The maximum Gasteiger partial charge on any atom is 0.254 e. The van der Waals surface area contributed by atoms with E-state index in [-0.39, 0.29) is 18.4 Å². The highest BCUT2D eigenvalue weighted by molar-refractivity contribution is 7.13. The zero-order chi connectivity index (χ0) is 18.1. The minimum atomic E-state index is -0.531. The fourth-order valence-corrected chi connectivity index (χ4v) is 3.68. The van der Waals surface area contributed by atoms with Gasteiger partial charge in [0.05, 0.1) is 5.69 Å². The highest BCUT2D eigenvalue weighted by Crippen LogP contribution is 2.29. The van der Waals surface area contributed by atoms with Gasteiger partial charge in [0.25, 0.3) is 5.91 Å². The van der Waals surface area contributed by atoms with Gasteiger partial charge in [-0.2, -0.15) is 5.10 Å². The van der Waals surface area contributed by atoms with E-state index < -0.39 is 5.92 Å². The van der Waals surface area contributed by atoms with E-state index in [4.69, 9.17) is 0 Å². The van der Waals surface area contributed by atoms with Gasteiger partial charge >= 0.3 is 0 Å². The van der Waals surface area contributed by atoms with E-state index in [0.717, 1.165) is 11.3 Å². The molecule has 2 aromatic heterocycles. The summed E-state index contributed by atoms with van der Waals surface area (Å²) in [6, 6.07) is 9.10. The van der Waals surface area contributed by atoms with Gasteiger partial charge in [0.2, 0.25) is 5.91 Å². The first-order valence-electron chi connectivity index (χ1n) is 8.19. The first-order chi connectivity index (χ1) is 12.6. The van der Waals surface area contributed by atoms with Crippen molar-refractivity contribution in [3.05, 3.63) is 64.9 Å². The minimum Gasteiger partial charge on any atom is -0.333 e. The number of hydrogen-bond acceptors (Lipinski definition) is 5. The maximum atomic E-state index is 12.9. The summed E-state index contributed by atoms with van der Waals surface area (Å²) in [6.07, 6.45) is 3.50. The Bertz CT molecular complexity index is 936. The highest BCUT2D eigenvalue weighted by Gasteiger charge is 2.35. The number of rotatable bonds is 3. The number of carbonyl (C=O) groups is 2. The highest BCUT2D eigenvalue weighted by atomic mass is 32.1. The van der Waals surface area contributed by atoms with E-state index in [9.17, 15) is 9.59 Å². The molecule has 1 aliphatic rings. The van der Waals surface area contributed by atoms with Crippen LogP contribution < -0.4 is 5.32 Å². The molecular formula is C18H17N5O2S. The Morgan fingerprint density at radius 3 is 2.81 bits per heavy atom. The van der Waals surface area contributed by atoms with Crippen molar-refractivity contribution in [2.24, 2.45) is 7.05 Å². The average Bonchev–Trinajstić information content (AvgIpc) is 3.29. The molecule has 7 nitrogen and oxygen atoms in total. The van der Waals surface area contributed by atoms with Gasteiger partial charge in [-0.05, 0) is 12.1 Å². The van der Waals surface area contributed by atoms with Crippen molar-refractivity contribution in [2.45, 2.75) is 12.5 Å². The molecule has 0 aliphatic carbocycles. The van der Waals surface area contributed by atoms with Gasteiger partial charge in [0.1, 0.15) is 5.92 Å². The molecule has 4 rings (SSSR count). The molecule has 0 unspecified atom stereocenters. The molecule has 1 N–H and O–H groups in total. The predicted octanol–water partition coefficient (Wildman–Crippen LogP) is 2.25. The van der Waals surface area contributed by atoms with Gasteiger partial charge in [0, 0.05) is 49.0 Å². The number of carbonyl (C=O) groups excluding carboxylic acids is 2. The third kappa shape index (κ3) is 3.11. The predicted molar refractivity (Wildman–Crippen MR) is 97.9 cm³/mol. The van der Waals surface area contributed by atoms with Gasteiger partial charge in [-0.25, -0.2) is 4.98 Å². The summed E-state index contributed by atoms with van der Waals surface area (Å²) in [7, 11) is 1.82. The van der Waals surface area contributed by atoms with Crippen molar-refractivity contribution in [3.63, 3.8) is 0 Å². The zero-order valence-electron chi connectivity index (χ0n) is 14.1. The molecule has 0 spiro atoms. The van der Waals surface area contributed by atoms with Gasteiger partial charge in [-0.1, -0.05) is 18.2 Å². The van der Waals surface area contributed by atoms with E-state index >= 15 is 0 Å². The Labute approximate surface area is 154 Å². The number of thiazole rings is 1. The molecule has 0 radical (unpaired) electrons. The average molecular weight is 367 g/mol. The Hall–Kier alpha value is -3.00. The fourth-order valence-electron chi connectivity index (χ4n) is 3.15. The van der Waals surface area contributed by atoms with Crippen molar-refractivity contribution >= 4 is 28.3 Å². The lowest BCUT2D eigenvalue weighted by Crippen LogP contribution is -2.42. The summed E-state index contributed by atoms with van der Waals surface area (Å²) in [5.74, 6) is -0.825. The van der Waals surface area contributed by atoms with Crippen LogP contribution in [0.2, 0.25) is 0 Å². The summed E-state index contributed by atoms with van der Waals surface area (Å²) in [5, 5.41) is 9.61. The van der Waals surface area contributed by atoms with Crippen molar-refractivity contribution in [1.29, 1.82) is 0 Å². The van der Waals surface area contributed by atoms with Crippen LogP contribution in [-0.4, -0.2) is 38.0 Å². The molecule has 0 bridgehead atoms. The van der Waals surface area contributed by atoms with Crippen LogP contribution in [0, 0.1) is 0 Å². The fraction of sp³-hybridized carbons (Fsp3) is 0.222. The van der Waals surface area contributed by atoms with Crippen LogP contribution >= 0.6 is 11.3 Å². The largest absolute Gasteiger partial charge is 0.333 e. The molecular weight excluding hydrogens is 350 g/mol. The van der Waals surface area contributed by atoms with E-state index in [2.05, 4.69) is 15.4 Å². The molecule has 8 heteroatoms. The normalized spacial score (nSPS) is 16.2. The molecule has 3 aromatic rings. The topological polar surface area (TPSA) is 80.1 Å². The van der Waals surface area contributed by atoms with Gasteiger partial charge in [-0.3, -0.25) is 14.3 Å². The number of fused-ring (bicyclic) bond motifs is 1. The summed E-state index contributed by atoms with van der Waals surface area (Å²) in [5.41, 5.74) is 2.22. The van der Waals surface area contributed by atoms with Crippen LogP contribution in [0.5, 0.6) is 0 Å². The van der Waals surface area contributed by atoms with E-state index in [1.54, 1.807) is 33.3 Å². The quantitative estimate of drug-likeness (QED) is 0.770. The lowest BCUT2D eigenvalue weighted by atomic mass is 9.95. The van der Waals surface area contributed by atoms with Crippen LogP contribution in [0.3, 0.4) is 0 Å². The van der Waals surface area contributed by atoms with Crippen LogP contribution in [0.1, 0.15) is 27.5 Å². The van der Waals surface area contributed by atoms with Crippen molar-refractivity contribution in [3.8, 4) is 0 Å². The molecule has 1 aliphatic heterocycles. The van der Waals surface area contributed by atoms with Crippen molar-refractivity contribution < 1.29 is 9.59 Å². The lowest BCUT2D eigenvalue weighted by Gasteiger charge is -2.31. The summed E-state index contributed by atoms with van der Waals surface area (Å²) >= 11 is 1.36. The molecule has 0 fully saturated rings.